The summed E-state index contributed by atoms with van der Waals surface area (Å²) in [6.07, 6.45) is 4.31. The van der Waals surface area contributed by atoms with E-state index < -0.39 is 4.92 Å². The van der Waals surface area contributed by atoms with Crippen LogP contribution in [0.5, 0.6) is 0 Å². The molecule has 3 rings (SSSR count). The van der Waals surface area contributed by atoms with Crippen molar-refractivity contribution in [1.29, 1.82) is 0 Å². The number of nitrogens with two attached hydrogens (primary N) is 1. The Labute approximate surface area is 169 Å². The van der Waals surface area contributed by atoms with Gasteiger partial charge in [-0.05, 0) is 44.0 Å². The molecule has 1 saturated heterocycles. The third kappa shape index (κ3) is 5.28. The van der Waals surface area contributed by atoms with Gasteiger partial charge < -0.3 is 15.4 Å². The van der Waals surface area contributed by atoms with Crippen molar-refractivity contribution in [3.05, 3.63) is 52.3 Å². The average Bonchev–Trinajstić information content (AvgIpc) is 3.18. The van der Waals surface area contributed by atoms with Gasteiger partial charge in [0.25, 0.3) is 11.6 Å². The predicted octanol–water partition coefficient (Wildman–Crippen LogP) is 2.17. The smallest absolute Gasteiger partial charge is 0.274 e. The highest BCUT2D eigenvalue weighted by Crippen LogP contribution is 2.18. The van der Waals surface area contributed by atoms with Crippen molar-refractivity contribution in [2.75, 3.05) is 26.2 Å². The van der Waals surface area contributed by atoms with Crippen LogP contribution in [0.2, 0.25) is 0 Å². The van der Waals surface area contributed by atoms with E-state index in [1.165, 1.54) is 12.1 Å². The molecule has 28 heavy (non-hydrogen) atoms. The van der Waals surface area contributed by atoms with Crippen LogP contribution in [0.3, 0.4) is 0 Å². The summed E-state index contributed by atoms with van der Waals surface area (Å²) in [6.45, 7) is 2.55. The monoisotopic (exact) mass is 409 g/mol. The fourth-order valence-electron chi connectivity index (χ4n) is 3.03. The van der Waals surface area contributed by atoms with Gasteiger partial charge in [0.15, 0.2) is 5.69 Å². The van der Waals surface area contributed by atoms with Gasteiger partial charge in [-0.2, -0.15) is 5.10 Å². The number of ether oxygens (including phenoxy) is 1. The van der Waals surface area contributed by atoms with Gasteiger partial charge in [-0.15, -0.1) is 12.4 Å². The largest absolute Gasteiger partial charge is 0.378 e. The summed E-state index contributed by atoms with van der Waals surface area (Å²) in [6, 6.07) is 7.68. The molecule has 2 aromatic rings. The summed E-state index contributed by atoms with van der Waals surface area (Å²) in [5.74, 6) is -0.115. The second kappa shape index (κ2) is 10.2. The van der Waals surface area contributed by atoms with Gasteiger partial charge in [0.2, 0.25) is 0 Å². The standard InChI is InChI=1S/C18H23N5O4.ClH/c19-9-1-13-27-16-6-10-21(11-7-16)18(24)17-8-12-22(20-17)14-2-4-15(5-3-14)23(25)26;/h2-5,8,12,16H,1,6-7,9-11,13,19H2;1H. The Morgan fingerprint density at radius 3 is 2.54 bits per heavy atom. The van der Waals surface area contributed by atoms with Gasteiger partial charge in [0.1, 0.15) is 0 Å². The number of rotatable bonds is 7. The zero-order valence-corrected chi connectivity index (χ0v) is 16.2. The van der Waals surface area contributed by atoms with Crippen LogP contribution in [0.1, 0.15) is 29.8 Å². The SMILES string of the molecule is Cl.NCCCOC1CCN(C(=O)c2ccn(-c3ccc([N+](=O)[O-])cc3)n2)CC1. The highest BCUT2D eigenvalue weighted by molar-refractivity contribution is 5.92. The molecule has 2 N–H and O–H groups in total. The van der Waals surface area contributed by atoms with Crippen molar-refractivity contribution in [3.8, 4) is 5.69 Å². The van der Waals surface area contributed by atoms with Crippen LogP contribution < -0.4 is 5.73 Å². The molecule has 0 bridgehead atoms. The molecule has 1 aromatic heterocycles. The third-order valence-electron chi connectivity index (χ3n) is 4.56. The van der Waals surface area contributed by atoms with Crippen LogP contribution in [0.15, 0.2) is 36.5 Å². The van der Waals surface area contributed by atoms with Gasteiger partial charge in [-0.3, -0.25) is 14.9 Å². The first-order valence-electron chi connectivity index (χ1n) is 9.00. The molecular weight excluding hydrogens is 386 g/mol. The molecule has 1 fully saturated rings. The maximum atomic E-state index is 12.7. The van der Waals surface area contributed by atoms with E-state index in [-0.39, 0.29) is 30.1 Å². The number of nitrogens with zero attached hydrogens (tertiary/aromatic N) is 4. The molecule has 1 amide bonds. The number of carbonyl (C=O) groups excluding carboxylic acids is 1. The van der Waals surface area contributed by atoms with E-state index in [2.05, 4.69) is 5.10 Å². The number of amides is 1. The van der Waals surface area contributed by atoms with E-state index in [0.717, 1.165) is 19.3 Å². The number of nitro benzene ring substituents is 1. The highest BCUT2D eigenvalue weighted by Gasteiger charge is 2.25. The van der Waals surface area contributed by atoms with Crippen molar-refractivity contribution in [3.63, 3.8) is 0 Å². The number of hydrogen-bond acceptors (Lipinski definition) is 6. The Hall–Kier alpha value is -2.49. The topological polar surface area (TPSA) is 117 Å². The number of piperidine rings is 1. The number of likely N-dealkylation sites (tertiary alicyclic amines) is 1. The Bertz CT molecular complexity index is 788. The molecule has 10 heteroatoms. The molecular formula is C18H24ClN5O4. The molecule has 1 aliphatic heterocycles. The van der Waals surface area contributed by atoms with Crippen molar-refractivity contribution >= 4 is 24.0 Å². The predicted molar refractivity (Wildman–Crippen MR) is 106 cm³/mol. The molecule has 0 unspecified atom stereocenters. The van der Waals surface area contributed by atoms with Crippen LogP contribution in [0.4, 0.5) is 5.69 Å². The van der Waals surface area contributed by atoms with Crippen molar-refractivity contribution < 1.29 is 14.5 Å². The lowest BCUT2D eigenvalue weighted by Crippen LogP contribution is -2.41. The second-order valence-corrected chi connectivity index (χ2v) is 6.42. The zero-order valence-electron chi connectivity index (χ0n) is 15.4. The van der Waals surface area contributed by atoms with Crippen molar-refractivity contribution in [2.24, 2.45) is 5.73 Å². The molecule has 0 spiro atoms. The first-order chi connectivity index (χ1) is 13.1. The fraction of sp³-hybridized carbons (Fsp3) is 0.444. The minimum absolute atomic E-state index is 0. The lowest BCUT2D eigenvalue weighted by molar-refractivity contribution is -0.384. The maximum absolute atomic E-state index is 12.7. The average molecular weight is 410 g/mol. The Kier molecular flexibility index (Phi) is 7.91. The van der Waals surface area contributed by atoms with E-state index >= 15 is 0 Å². The number of carbonyl (C=O) groups is 1. The Morgan fingerprint density at radius 2 is 1.93 bits per heavy atom. The van der Waals surface area contributed by atoms with Crippen molar-refractivity contribution in [2.45, 2.75) is 25.4 Å². The maximum Gasteiger partial charge on any atom is 0.274 e. The van der Waals surface area contributed by atoms with Gasteiger partial charge in [-0.1, -0.05) is 0 Å². The summed E-state index contributed by atoms with van der Waals surface area (Å²) in [5.41, 5.74) is 6.49. The molecule has 1 aliphatic rings. The molecule has 152 valence electrons. The number of non-ortho nitro benzene ring substituents is 1. The molecule has 0 saturated carbocycles. The molecule has 9 nitrogen and oxygen atoms in total. The van der Waals surface area contributed by atoms with Crippen LogP contribution in [0.25, 0.3) is 5.69 Å². The van der Waals surface area contributed by atoms with E-state index in [0.29, 0.717) is 37.6 Å². The summed E-state index contributed by atoms with van der Waals surface area (Å²) in [7, 11) is 0. The van der Waals surface area contributed by atoms with Crippen LogP contribution in [-0.2, 0) is 4.74 Å². The van der Waals surface area contributed by atoms with Gasteiger partial charge in [0, 0.05) is 38.0 Å². The lowest BCUT2D eigenvalue weighted by Gasteiger charge is -2.31. The van der Waals surface area contributed by atoms with E-state index in [9.17, 15) is 14.9 Å². The molecule has 0 radical (unpaired) electrons. The van der Waals surface area contributed by atoms with Crippen LogP contribution in [-0.4, -0.2) is 57.9 Å². The second-order valence-electron chi connectivity index (χ2n) is 6.42. The van der Waals surface area contributed by atoms with Gasteiger partial charge >= 0.3 is 0 Å². The molecule has 1 aromatic carbocycles. The zero-order chi connectivity index (χ0) is 19.2. The number of benzene rings is 1. The number of nitro groups is 1. The summed E-state index contributed by atoms with van der Waals surface area (Å²) in [4.78, 5) is 24.7. The Balaban J connectivity index is 0.00000280. The molecule has 2 heterocycles. The van der Waals surface area contributed by atoms with Gasteiger partial charge in [0.05, 0.1) is 16.7 Å². The fourth-order valence-corrected chi connectivity index (χ4v) is 3.03. The number of halogens is 1. The molecule has 0 aliphatic carbocycles. The first-order valence-corrected chi connectivity index (χ1v) is 9.00. The van der Waals surface area contributed by atoms with Crippen LogP contribution >= 0.6 is 12.4 Å². The van der Waals surface area contributed by atoms with E-state index in [1.807, 2.05) is 0 Å². The number of aromatic nitrogens is 2. The molecule has 0 atom stereocenters. The minimum atomic E-state index is -0.453. The summed E-state index contributed by atoms with van der Waals surface area (Å²) >= 11 is 0. The first kappa shape index (κ1) is 21.8. The third-order valence-corrected chi connectivity index (χ3v) is 4.56. The minimum Gasteiger partial charge on any atom is -0.378 e. The number of hydrogen-bond donors (Lipinski definition) is 1. The Morgan fingerprint density at radius 1 is 1.25 bits per heavy atom. The van der Waals surface area contributed by atoms with E-state index in [1.54, 1.807) is 34.0 Å². The quantitative estimate of drug-likeness (QED) is 0.425. The van der Waals surface area contributed by atoms with Crippen LogP contribution in [0, 0.1) is 10.1 Å². The van der Waals surface area contributed by atoms with Crippen molar-refractivity contribution in [1.82, 2.24) is 14.7 Å². The van der Waals surface area contributed by atoms with E-state index in [4.69, 9.17) is 10.5 Å². The summed E-state index contributed by atoms with van der Waals surface area (Å²) in [5, 5.41) is 15.1. The van der Waals surface area contributed by atoms with Gasteiger partial charge in [-0.25, -0.2) is 4.68 Å². The lowest BCUT2D eigenvalue weighted by atomic mass is 10.1. The summed E-state index contributed by atoms with van der Waals surface area (Å²) < 4.78 is 7.30. The highest BCUT2D eigenvalue weighted by atomic mass is 35.5. The normalized spacial score (nSPS) is 14.5.